The highest BCUT2D eigenvalue weighted by atomic mass is 79.9. The van der Waals surface area contributed by atoms with Gasteiger partial charge in [0.2, 0.25) is 11.8 Å². The molecule has 3 heterocycles. The Morgan fingerprint density at radius 3 is 2.81 bits per heavy atom. The van der Waals surface area contributed by atoms with Gasteiger partial charge in [0, 0.05) is 10.0 Å². The molecule has 132 valence electrons. The van der Waals surface area contributed by atoms with Crippen molar-refractivity contribution in [3.8, 4) is 11.5 Å². The lowest BCUT2D eigenvalue weighted by Crippen LogP contribution is -2.40. The van der Waals surface area contributed by atoms with Crippen LogP contribution in [0.1, 0.15) is 18.6 Å². The van der Waals surface area contributed by atoms with Gasteiger partial charge < -0.3 is 14.2 Å². The average molecular weight is 417 g/mol. The second-order valence-electron chi connectivity index (χ2n) is 5.94. The SMILES string of the molecule is CC1(c2ccco2)NC(=O)N(Cc2nnc(-c3cccc(Br)c3)o2)C1=O. The third-order valence-corrected chi connectivity index (χ3v) is 4.61. The van der Waals surface area contributed by atoms with Crippen molar-refractivity contribution in [3.05, 3.63) is 58.8 Å². The van der Waals surface area contributed by atoms with Crippen LogP contribution in [0.4, 0.5) is 4.79 Å². The Bertz CT molecular complexity index is 984. The summed E-state index contributed by atoms with van der Waals surface area (Å²) in [7, 11) is 0. The zero-order chi connectivity index (χ0) is 18.3. The smallest absolute Gasteiger partial charge is 0.325 e. The summed E-state index contributed by atoms with van der Waals surface area (Å²) in [6.07, 6.45) is 1.45. The number of benzene rings is 1. The van der Waals surface area contributed by atoms with E-state index in [0.29, 0.717) is 11.7 Å². The molecule has 1 aliphatic heterocycles. The first-order valence-corrected chi connectivity index (χ1v) is 8.53. The van der Waals surface area contributed by atoms with Gasteiger partial charge in [-0.05, 0) is 37.3 Å². The van der Waals surface area contributed by atoms with Crippen molar-refractivity contribution >= 4 is 27.9 Å². The van der Waals surface area contributed by atoms with E-state index in [0.717, 1.165) is 14.9 Å². The first kappa shape index (κ1) is 16.5. The third kappa shape index (κ3) is 2.70. The molecule has 26 heavy (non-hydrogen) atoms. The standard InChI is InChI=1S/C17H13BrN4O4/c1-17(12-6-3-7-25-12)15(23)22(16(24)19-17)9-13-20-21-14(26-13)10-4-2-5-11(18)8-10/h2-8H,9H2,1H3,(H,19,24). The van der Waals surface area contributed by atoms with Crippen molar-refractivity contribution in [2.75, 3.05) is 0 Å². The van der Waals surface area contributed by atoms with E-state index >= 15 is 0 Å². The fraction of sp³-hybridized carbons (Fsp3) is 0.176. The van der Waals surface area contributed by atoms with Crippen LogP contribution in [0.3, 0.4) is 0 Å². The first-order valence-electron chi connectivity index (χ1n) is 7.74. The van der Waals surface area contributed by atoms with Gasteiger partial charge in [-0.2, -0.15) is 0 Å². The van der Waals surface area contributed by atoms with Crippen molar-refractivity contribution in [2.24, 2.45) is 0 Å². The molecule has 1 unspecified atom stereocenters. The number of furan rings is 1. The number of imide groups is 1. The molecule has 0 saturated carbocycles. The second-order valence-corrected chi connectivity index (χ2v) is 6.85. The lowest BCUT2D eigenvalue weighted by atomic mass is 9.99. The number of nitrogens with zero attached hydrogens (tertiary/aromatic N) is 3. The number of hydrogen-bond donors (Lipinski definition) is 1. The monoisotopic (exact) mass is 416 g/mol. The van der Waals surface area contributed by atoms with E-state index in [1.165, 1.54) is 6.26 Å². The maximum absolute atomic E-state index is 12.7. The molecular formula is C17H13BrN4O4. The van der Waals surface area contributed by atoms with Gasteiger partial charge in [-0.15, -0.1) is 10.2 Å². The van der Waals surface area contributed by atoms with E-state index in [2.05, 4.69) is 31.4 Å². The quantitative estimate of drug-likeness (QED) is 0.655. The number of amides is 3. The molecule has 0 aliphatic carbocycles. The predicted molar refractivity (Wildman–Crippen MR) is 92.6 cm³/mol. The normalized spacial score (nSPS) is 19.8. The molecule has 1 saturated heterocycles. The van der Waals surface area contributed by atoms with Crippen LogP contribution in [0.2, 0.25) is 0 Å². The molecule has 1 aliphatic rings. The van der Waals surface area contributed by atoms with Gasteiger partial charge in [-0.1, -0.05) is 22.0 Å². The fourth-order valence-electron chi connectivity index (χ4n) is 2.76. The number of aromatic nitrogens is 2. The Morgan fingerprint density at radius 2 is 2.08 bits per heavy atom. The summed E-state index contributed by atoms with van der Waals surface area (Å²) in [5, 5.41) is 10.6. The average Bonchev–Trinajstić information content (AvgIpc) is 3.34. The maximum Gasteiger partial charge on any atom is 0.325 e. The molecule has 3 amide bonds. The van der Waals surface area contributed by atoms with Crippen molar-refractivity contribution < 1.29 is 18.4 Å². The molecule has 1 aromatic carbocycles. The van der Waals surface area contributed by atoms with Gasteiger partial charge in [0.25, 0.3) is 5.91 Å². The largest absolute Gasteiger partial charge is 0.466 e. The predicted octanol–water partition coefficient (Wildman–Crippen LogP) is 3.06. The Balaban J connectivity index is 1.56. The number of carbonyl (C=O) groups is 2. The lowest BCUT2D eigenvalue weighted by Gasteiger charge is -2.18. The highest BCUT2D eigenvalue weighted by Gasteiger charge is 2.51. The van der Waals surface area contributed by atoms with E-state index in [9.17, 15) is 9.59 Å². The van der Waals surface area contributed by atoms with Gasteiger partial charge >= 0.3 is 6.03 Å². The summed E-state index contributed by atoms with van der Waals surface area (Å²) in [5.41, 5.74) is -0.524. The molecule has 4 rings (SSSR count). The summed E-state index contributed by atoms with van der Waals surface area (Å²) in [4.78, 5) is 26.1. The summed E-state index contributed by atoms with van der Waals surface area (Å²) >= 11 is 3.38. The van der Waals surface area contributed by atoms with Crippen LogP contribution in [0.25, 0.3) is 11.5 Å². The Morgan fingerprint density at radius 1 is 1.23 bits per heavy atom. The van der Waals surface area contributed by atoms with Gasteiger partial charge in [0.1, 0.15) is 12.3 Å². The summed E-state index contributed by atoms with van der Waals surface area (Å²) in [6, 6.07) is 10.1. The molecule has 1 N–H and O–H groups in total. The van der Waals surface area contributed by atoms with E-state index in [1.807, 2.05) is 24.3 Å². The maximum atomic E-state index is 12.7. The van der Waals surface area contributed by atoms with Gasteiger partial charge in [0.05, 0.1) is 6.26 Å². The van der Waals surface area contributed by atoms with Gasteiger partial charge in [-0.25, -0.2) is 4.79 Å². The van der Waals surface area contributed by atoms with E-state index in [-0.39, 0.29) is 12.4 Å². The number of halogens is 1. The molecular weight excluding hydrogens is 404 g/mol. The molecule has 1 atom stereocenters. The zero-order valence-electron chi connectivity index (χ0n) is 13.6. The molecule has 9 heteroatoms. The topological polar surface area (TPSA) is 101 Å². The van der Waals surface area contributed by atoms with Crippen LogP contribution in [-0.4, -0.2) is 27.0 Å². The van der Waals surface area contributed by atoms with Crippen molar-refractivity contribution in [3.63, 3.8) is 0 Å². The summed E-state index contributed by atoms with van der Waals surface area (Å²) < 4.78 is 11.8. The van der Waals surface area contributed by atoms with Crippen LogP contribution in [0.5, 0.6) is 0 Å². The number of carbonyl (C=O) groups excluding carboxylic acids is 2. The lowest BCUT2D eigenvalue weighted by molar-refractivity contribution is -0.132. The van der Waals surface area contributed by atoms with Gasteiger partial charge in [0.15, 0.2) is 5.54 Å². The van der Waals surface area contributed by atoms with Crippen molar-refractivity contribution in [1.82, 2.24) is 20.4 Å². The third-order valence-electron chi connectivity index (χ3n) is 4.12. The minimum atomic E-state index is -1.26. The van der Waals surface area contributed by atoms with Crippen LogP contribution in [0, 0.1) is 0 Å². The number of urea groups is 1. The molecule has 0 spiro atoms. The van der Waals surface area contributed by atoms with Crippen LogP contribution < -0.4 is 5.32 Å². The molecule has 2 aromatic heterocycles. The van der Waals surface area contributed by atoms with Crippen molar-refractivity contribution in [1.29, 1.82) is 0 Å². The first-order chi connectivity index (χ1) is 12.5. The Hall–Kier alpha value is -2.94. The molecule has 0 bridgehead atoms. The van der Waals surface area contributed by atoms with Crippen LogP contribution >= 0.6 is 15.9 Å². The molecule has 1 fully saturated rings. The number of nitrogens with one attached hydrogen (secondary N) is 1. The zero-order valence-corrected chi connectivity index (χ0v) is 15.2. The summed E-state index contributed by atoms with van der Waals surface area (Å²) in [5.74, 6) is 0.382. The van der Waals surface area contributed by atoms with E-state index in [1.54, 1.807) is 19.1 Å². The molecule has 0 radical (unpaired) electrons. The Labute approximate surface area is 156 Å². The molecule has 8 nitrogen and oxygen atoms in total. The second kappa shape index (κ2) is 6.10. The summed E-state index contributed by atoms with van der Waals surface area (Å²) in [6.45, 7) is 1.47. The minimum absolute atomic E-state index is 0.123. The van der Waals surface area contributed by atoms with Crippen LogP contribution in [-0.2, 0) is 16.9 Å². The van der Waals surface area contributed by atoms with Crippen molar-refractivity contribution in [2.45, 2.75) is 19.0 Å². The van der Waals surface area contributed by atoms with E-state index in [4.69, 9.17) is 8.83 Å². The van der Waals surface area contributed by atoms with Gasteiger partial charge in [-0.3, -0.25) is 9.69 Å². The number of hydrogen-bond acceptors (Lipinski definition) is 6. The Kier molecular flexibility index (Phi) is 3.87. The highest BCUT2D eigenvalue weighted by Crippen LogP contribution is 2.30. The molecule has 3 aromatic rings. The van der Waals surface area contributed by atoms with E-state index < -0.39 is 17.5 Å². The highest BCUT2D eigenvalue weighted by molar-refractivity contribution is 9.10. The number of rotatable bonds is 4. The fourth-order valence-corrected chi connectivity index (χ4v) is 3.16. The minimum Gasteiger partial charge on any atom is -0.466 e. The van der Waals surface area contributed by atoms with Crippen LogP contribution in [0.15, 0.2) is 56.0 Å².